The first-order chi connectivity index (χ1) is 8.94. The van der Waals surface area contributed by atoms with Crippen molar-refractivity contribution >= 4 is 21.6 Å². The van der Waals surface area contributed by atoms with Crippen molar-refractivity contribution in [1.29, 1.82) is 0 Å². The van der Waals surface area contributed by atoms with E-state index in [0.717, 1.165) is 12.8 Å². The number of rotatable bonds is 5. The molecule has 4 nitrogen and oxygen atoms in total. The van der Waals surface area contributed by atoms with Crippen LogP contribution in [0.4, 0.5) is 0 Å². The number of aliphatic hydroxyl groups is 1. The summed E-state index contributed by atoms with van der Waals surface area (Å²) in [6.45, 7) is 1.62. The van der Waals surface area contributed by atoms with Crippen LogP contribution >= 0.6 is 11.6 Å². The van der Waals surface area contributed by atoms with Crippen LogP contribution in [0.15, 0.2) is 23.1 Å². The third-order valence-electron chi connectivity index (χ3n) is 3.70. The lowest BCUT2D eigenvalue weighted by atomic mass is 9.81. The van der Waals surface area contributed by atoms with Crippen molar-refractivity contribution in [2.24, 2.45) is 5.92 Å². The SMILES string of the molecule is CC(NS(=O)(=O)c1ccc(Cl)c(CO)c1)C1CCC1. The fourth-order valence-electron chi connectivity index (χ4n) is 2.19. The summed E-state index contributed by atoms with van der Waals surface area (Å²) in [7, 11) is -3.55. The first kappa shape index (κ1) is 14.8. The molecule has 1 aromatic rings. The van der Waals surface area contributed by atoms with E-state index in [9.17, 15) is 8.42 Å². The molecule has 0 saturated heterocycles. The van der Waals surface area contributed by atoms with E-state index in [-0.39, 0.29) is 17.5 Å². The molecule has 1 unspecified atom stereocenters. The molecule has 0 radical (unpaired) electrons. The molecule has 2 N–H and O–H groups in total. The van der Waals surface area contributed by atoms with Gasteiger partial charge in [0.25, 0.3) is 0 Å². The van der Waals surface area contributed by atoms with Crippen LogP contribution in [0.25, 0.3) is 0 Å². The fraction of sp³-hybridized carbons (Fsp3) is 0.538. The van der Waals surface area contributed by atoms with E-state index < -0.39 is 10.0 Å². The Morgan fingerprint density at radius 1 is 1.47 bits per heavy atom. The van der Waals surface area contributed by atoms with Crippen LogP contribution in [-0.2, 0) is 16.6 Å². The standard InChI is InChI=1S/C13H18ClNO3S/c1-9(10-3-2-4-10)15-19(17,18)12-5-6-13(14)11(7-12)8-16/h5-7,9-10,15-16H,2-4,8H2,1H3. The van der Waals surface area contributed by atoms with Crippen molar-refractivity contribution in [1.82, 2.24) is 4.72 Å². The molecule has 0 aromatic heterocycles. The Morgan fingerprint density at radius 3 is 2.68 bits per heavy atom. The Balaban J connectivity index is 2.18. The molecule has 0 bridgehead atoms. The van der Waals surface area contributed by atoms with Gasteiger partial charge >= 0.3 is 0 Å². The smallest absolute Gasteiger partial charge is 0.240 e. The van der Waals surface area contributed by atoms with Crippen molar-refractivity contribution in [2.75, 3.05) is 0 Å². The zero-order valence-electron chi connectivity index (χ0n) is 10.8. The Labute approximate surface area is 118 Å². The molecule has 0 amide bonds. The minimum absolute atomic E-state index is 0.0630. The third kappa shape index (κ3) is 3.28. The van der Waals surface area contributed by atoms with Gasteiger partial charge in [-0.3, -0.25) is 0 Å². The van der Waals surface area contributed by atoms with Crippen molar-refractivity contribution in [3.63, 3.8) is 0 Å². The van der Waals surface area contributed by atoms with Crippen molar-refractivity contribution in [3.8, 4) is 0 Å². The van der Waals surface area contributed by atoms with E-state index in [1.807, 2.05) is 6.92 Å². The summed E-state index contributed by atoms with van der Waals surface area (Å²) in [4.78, 5) is 0.145. The summed E-state index contributed by atoms with van der Waals surface area (Å²) < 4.78 is 27.2. The van der Waals surface area contributed by atoms with Crippen LogP contribution < -0.4 is 4.72 Å². The van der Waals surface area contributed by atoms with Crippen LogP contribution in [0.5, 0.6) is 0 Å². The number of benzene rings is 1. The molecule has 1 aliphatic rings. The highest BCUT2D eigenvalue weighted by Crippen LogP contribution is 2.30. The summed E-state index contributed by atoms with van der Waals surface area (Å²) in [5.74, 6) is 0.430. The van der Waals surface area contributed by atoms with E-state index >= 15 is 0 Å². The third-order valence-corrected chi connectivity index (χ3v) is 5.62. The maximum atomic E-state index is 12.2. The maximum absolute atomic E-state index is 12.2. The molecule has 1 atom stereocenters. The van der Waals surface area contributed by atoms with Crippen LogP contribution in [0.2, 0.25) is 5.02 Å². The van der Waals surface area contributed by atoms with Gasteiger partial charge in [0.15, 0.2) is 0 Å². The normalized spacial score (nSPS) is 18.1. The lowest BCUT2D eigenvalue weighted by molar-refractivity contribution is 0.260. The number of halogens is 1. The Hall–Kier alpha value is -0.620. The first-order valence-electron chi connectivity index (χ1n) is 6.35. The van der Waals surface area contributed by atoms with Crippen LogP contribution in [0.1, 0.15) is 31.7 Å². The first-order valence-corrected chi connectivity index (χ1v) is 8.22. The van der Waals surface area contributed by atoms with Gasteiger partial charge < -0.3 is 5.11 Å². The number of nitrogens with one attached hydrogen (secondary N) is 1. The van der Waals surface area contributed by atoms with E-state index in [4.69, 9.17) is 16.7 Å². The number of aliphatic hydroxyl groups excluding tert-OH is 1. The predicted molar refractivity (Wildman–Crippen MR) is 74.5 cm³/mol. The Morgan fingerprint density at radius 2 is 2.16 bits per heavy atom. The highest BCUT2D eigenvalue weighted by Gasteiger charge is 2.28. The molecule has 1 saturated carbocycles. The van der Waals surface area contributed by atoms with Gasteiger partial charge in [-0.25, -0.2) is 13.1 Å². The van der Waals surface area contributed by atoms with E-state index in [2.05, 4.69) is 4.72 Å². The highest BCUT2D eigenvalue weighted by atomic mass is 35.5. The van der Waals surface area contributed by atoms with E-state index in [1.165, 1.54) is 24.6 Å². The van der Waals surface area contributed by atoms with Gasteiger partial charge in [-0.15, -0.1) is 0 Å². The molecular weight excluding hydrogens is 286 g/mol. The molecule has 0 aliphatic heterocycles. The van der Waals surface area contributed by atoms with Gasteiger partial charge in [-0.2, -0.15) is 0 Å². The van der Waals surface area contributed by atoms with Crippen LogP contribution in [0.3, 0.4) is 0 Å². The van der Waals surface area contributed by atoms with Crippen LogP contribution in [0, 0.1) is 5.92 Å². The van der Waals surface area contributed by atoms with Crippen molar-refractivity contribution in [3.05, 3.63) is 28.8 Å². The van der Waals surface area contributed by atoms with Gasteiger partial charge in [-0.1, -0.05) is 18.0 Å². The van der Waals surface area contributed by atoms with E-state index in [1.54, 1.807) is 0 Å². The molecule has 106 valence electrons. The maximum Gasteiger partial charge on any atom is 0.240 e. The molecule has 6 heteroatoms. The Kier molecular flexibility index (Phi) is 4.50. The molecule has 1 aliphatic carbocycles. The average molecular weight is 304 g/mol. The molecule has 1 aromatic carbocycles. The van der Waals surface area contributed by atoms with Crippen molar-refractivity contribution in [2.45, 2.75) is 43.7 Å². The largest absolute Gasteiger partial charge is 0.392 e. The van der Waals surface area contributed by atoms with E-state index in [0.29, 0.717) is 16.5 Å². The van der Waals surface area contributed by atoms with Gasteiger partial charge in [-0.05, 0) is 49.4 Å². The molecule has 0 spiro atoms. The van der Waals surface area contributed by atoms with Crippen molar-refractivity contribution < 1.29 is 13.5 Å². The quantitative estimate of drug-likeness (QED) is 0.877. The highest BCUT2D eigenvalue weighted by molar-refractivity contribution is 7.89. The Bertz CT molecular complexity index is 555. The van der Waals surface area contributed by atoms with Crippen LogP contribution in [-0.4, -0.2) is 19.6 Å². The summed E-state index contributed by atoms with van der Waals surface area (Å²) >= 11 is 5.86. The minimum atomic E-state index is -3.55. The molecule has 2 rings (SSSR count). The van der Waals surface area contributed by atoms with Gasteiger partial charge in [0.1, 0.15) is 0 Å². The summed E-state index contributed by atoms with van der Waals surface area (Å²) in [5.41, 5.74) is 0.417. The molecular formula is C13H18ClNO3S. The summed E-state index contributed by atoms with van der Waals surface area (Å²) in [6, 6.07) is 4.30. The zero-order valence-corrected chi connectivity index (χ0v) is 12.3. The molecule has 1 fully saturated rings. The predicted octanol–water partition coefficient (Wildman–Crippen LogP) is 2.30. The summed E-state index contributed by atoms with van der Waals surface area (Å²) in [6.07, 6.45) is 3.32. The van der Waals surface area contributed by atoms with Gasteiger partial charge in [0, 0.05) is 11.1 Å². The lowest BCUT2D eigenvalue weighted by Gasteiger charge is -2.31. The fourth-order valence-corrected chi connectivity index (χ4v) is 3.73. The monoisotopic (exact) mass is 303 g/mol. The minimum Gasteiger partial charge on any atom is -0.392 e. The average Bonchev–Trinajstić information content (AvgIpc) is 2.26. The zero-order chi connectivity index (χ0) is 14.0. The lowest BCUT2D eigenvalue weighted by Crippen LogP contribution is -2.40. The topological polar surface area (TPSA) is 66.4 Å². The number of sulfonamides is 1. The van der Waals surface area contributed by atoms with Gasteiger partial charge in [0.05, 0.1) is 11.5 Å². The van der Waals surface area contributed by atoms with Gasteiger partial charge in [0.2, 0.25) is 10.0 Å². The molecule has 0 heterocycles. The number of hydrogen-bond donors (Lipinski definition) is 2. The number of hydrogen-bond acceptors (Lipinski definition) is 3. The molecule has 19 heavy (non-hydrogen) atoms. The second kappa shape index (κ2) is 5.79. The summed E-state index contributed by atoms with van der Waals surface area (Å²) in [5, 5.41) is 9.50. The second-order valence-corrected chi connectivity index (χ2v) is 7.13. The second-order valence-electron chi connectivity index (χ2n) is 5.01.